The van der Waals surface area contributed by atoms with Crippen molar-refractivity contribution in [2.24, 2.45) is 5.73 Å². The number of carbonyl (C=O) groups excluding carboxylic acids is 2. The van der Waals surface area contributed by atoms with Crippen LogP contribution in [0.3, 0.4) is 0 Å². The Bertz CT molecular complexity index is 548. The first-order valence-electron chi connectivity index (χ1n) is 5.68. The second-order valence-electron chi connectivity index (χ2n) is 4.17. The van der Waals surface area contributed by atoms with E-state index in [1.54, 1.807) is 6.92 Å². The number of anilines is 1. The van der Waals surface area contributed by atoms with E-state index in [0.717, 1.165) is 18.2 Å². The second-order valence-corrected chi connectivity index (χ2v) is 4.17. The highest BCUT2D eigenvalue weighted by atomic mass is 19.1. The Kier molecular flexibility index (Phi) is 5.01. The maximum absolute atomic E-state index is 13.4. The third-order valence-electron chi connectivity index (χ3n) is 2.35. The average Bonchev–Trinajstić information content (AvgIpc) is 2.30. The number of carbonyl (C=O) groups is 3. The molecule has 1 aromatic carbocycles. The fourth-order valence-corrected chi connectivity index (χ4v) is 1.49. The van der Waals surface area contributed by atoms with Crippen molar-refractivity contribution in [1.29, 1.82) is 0 Å². The minimum Gasteiger partial charge on any atom is -0.478 e. The molecule has 7 nitrogen and oxygen atoms in total. The molecule has 0 aliphatic rings. The van der Waals surface area contributed by atoms with Crippen LogP contribution in [0.4, 0.5) is 14.9 Å². The lowest BCUT2D eigenvalue weighted by molar-refractivity contribution is -0.118. The first-order chi connectivity index (χ1) is 9.29. The molecule has 8 heteroatoms. The number of benzene rings is 1. The number of carboxylic acids is 1. The van der Waals surface area contributed by atoms with Crippen LogP contribution in [0.2, 0.25) is 0 Å². The van der Waals surface area contributed by atoms with Crippen LogP contribution in [0, 0.1) is 5.82 Å². The zero-order valence-electron chi connectivity index (χ0n) is 10.6. The Hall–Kier alpha value is -2.64. The van der Waals surface area contributed by atoms with Crippen molar-refractivity contribution in [2.45, 2.75) is 19.4 Å². The number of carboxylic acid groups (broad SMARTS) is 1. The van der Waals surface area contributed by atoms with Gasteiger partial charge in [0.1, 0.15) is 5.82 Å². The van der Waals surface area contributed by atoms with Gasteiger partial charge in [-0.3, -0.25) is 4.79 Å². The van der Waals surface area contributed by atoms with Gasteiger partial charge in [-0.2, -0.15) is 0 Å². The van der Waals surface area contributed by atoms with Gasteiger partial charge in [-0.05, 0) is 25.1 Å². The first kappa shape index (κ1) is 15.4. The van der Waals surface area contributed by atoms with E-state index in [4.69, 9.17) is 10.8 Å². The van der Waals surface area contributed by atoms with Gasteiger partial charge < -0.3 is 21.5 Å². The van der Waals surface area contributed by atoms with Gasteiger partial charge in [-0.15, -0.1) is 0 Å². The maximum atomic E-state index is 13.4. The summed E-state index contributed by atoms with van der Waals surface area (Å²) in [5.74, 6) is -2.60. The maximum Gasteiger partial charge on any atom is 0.335 e. The number of aromatic carboxylic acids is 1. The molecule has 0 aliphatic heterocycles. The van der Waals surface area contributed by atoms with E-state index in [9.17, 15) is 18.8 Å². The van der Waals surface area contributed by atoms with Gasteiger partial charge in [-0.25, -0.2) is 14.0 Å². The van der Waals surface area contributed by atoms with Gasteiger partial charge >= 0.3 is 12.0 Å². The molecule has 3 amide bonds. The van der Waals surface area contributed by atoms with Gasteiger partial charge in [0.2, 0.25) is 5.91 Å². The smallest absolute Gasteiger partial charge is 0.335 e. The van der Waals surface area contributed by atoms with Crippen LogP contribution in [0.15, 0.2) is 18.2 Å². The van der Waals surface area contributed by atoms with Crippen molar-refractivity contribution in [3.05, 3.63) is 29.6 Å². The molecule has 0 spiro atoms. The predicted molar refractivity (Wildman–Crippen MR) is 68.8 cm³/mol. The molecule has 0 radical (unpaired) electrons. The quantitative estimate of drug-likeness (QED) is 0.641. The molecule has 1 atom stereocenters. The van der Waals surface area contributed by atoms with Crippen molar-refractivity contribution in [3.63, 3.8) is 0 Å². The molecule has 1 rings (SSSR count). The third kappa shape index (κ3) is 4.56. The lowest BCUT2D eigenvalue weighted by Crippen LogP contribution is -2.38. The summed E-state index contributed by atoms with van der Waals surface area (Å²) in [6.45, 7) is 1.55. The summed E-state index contributed by atoms with van der Waals surface area (Å²) in [4.78, 5) is 32.9. The van der Waals surface area contributed by atoms with Crippen molar-refractivity contribution in [2.75, 3.05) is 5.32 Å². The van der Waals surface area contributed by atoms with Gasteiger partial charge in [0.25, 0.3) is 0 Å². The highest BCUT2D eigenvalue weighted by Gasteiger charge is 2.13. The zero-order valence-corrected chi connectivity index (χ0v) is 10.6. The van der Waals surface area contributed by atoms with E-state index >= 15 is 0 Å². The minimum atomic E-state index is -1.24. The predicted octanol–water partition coefficient (Wildman–Crippen LogP) is 0.909. The van der Waals surface area contributed by atoms with Gasteiger partial charge in [0.05, 0.1) is 11.3 Å². The molecule has 108 valence electrons. The van der Waals surface area contributed by atoms with E-state index in [2.05, 4.69) is 10.6 Å². The van der Waals surface area contributed by atoms with E-state index in [-0.39, 0.29) is 17.7 Å². The van der Waals surface area contributed by atoms with Crippen LogP contribution in [0.1, 0.15) is 23.7 Å². The van der Waals surface area contributed by atoms with Crippen LogP contribution >= 0.6 is 0 Å². The standard InChI is InChI=1S/C12H14FN3O4/c1-6(4-10(14)17)15-12(20)16-9-5-7(11(18)19)2-3-8(9)13/h2-3,5-6H,4H2,1H3,(H2,14,17)(H,18,19)(H2,15,16,20). The normalized spacial score (nSPS) is 11.5. The number of urea groups is 1. The third-order valence-corrected chi connectivity index (χ3v) is 2.35. The van der Waals surface area contributed by atoms with Gasteiger partial charge in [-0.1, -0.05) is 0 Å². The molecular formula is C12H14FN3O4. The Labute approximate surface area is 114 Å². The fourth-order valence-electron chi connectivity index (χ4n) is 1.49. The van der Waals surface area contributed by atoms with E-state index in [0.29, 0.717) is 0 Å². The lowest BCUT2D eigenvalue weighted by Gasteiger charge is -2.13. The number of nitrogens with one attached hydrogen (secondary N) is 2. The molecule has 0 saturated heterocycles. The molecule has 1 unspecified atom stereocenters. The van der Waals surface area contributed by atoms with Gasteiger partial charge in [0.15, 0.2) is 0 Å². The summed E-state index contributed by atoms with van der Waals surface area (Å²) in [6.07, 6.45) is -0.0644. The molecule has 0 aromatic heterocycles. The van der Waals surface area contributed by atoms with Crippen molar-refractivity contribution < 1.29 is 23.9 Å². The highest BCUT2D eigenvalue weighted by molar-refractivity contribution is 5.93. The molecule has 0 bridgehead atoms. The van der Waals surface area contributed by atoms with Crippen LogP contribution in [0.25, 0.3) is 0 Å². The largest absolute Gasteiger partial charge is 0.478 e. The Morgan fingerprint density at radius 2 is 2.05 bits per heavy atom. The zero-order chi connectivity index (χ0) is 15.3. The Morgan fingerprint density at radius 1 is 1.40 bits per heavy atom. The van der Waals surface area contributed by atoms with Crippen LogP contribution in [-0.4, -0.2) is 29.1 Å². The molecule has 20 heavy (non-hydrogen) atoms. The summed E-state index contributed by atoms with van der Waals surface area (Å²) in [7, 11) is 0. The average molecular weight is 283 g/mol. The van der Waals surface area contributed by atoms with E-state index < -0.39 is 29.8 Å². The monoisotopic (exact) mass is 283 g/mol. The van der Waals surface area contributed by atoms with E-state index in [1.807, 2.05) is 0 Å². The number of amides is 3. The SMILES string of the molecule is CC(CC(N)=O)NC(=O)Nc1cc(C(=O)O)ccc1F. The number of hydrogen-bond acceptors (Lipinski definition) is 3. The number of hydrogen-bond donors (Lipinski definition) is 4. The molecule has 0 heterocycles. The summed E-state index contributed by atoms with van der Waals surface area (Å²) >= 11 is 0. The number of rotatable bonds is 5. The van der Waals surface area contributed by atoms with Crippen molar-refractivity contribution in [1.82, 2.24) is 5.32 Å². The molecule has 1 aromatic rings. The molecule has 0 saturated carbocycles. The summed E-state index contributed by atoms with van der Waals surface area (Å²) in [6, 6.07) is 1.72. The number of primary amides is 1. The lowest BCUT2D eigenvalue weighted by atomic mass is 10.2. The van der Waals surface area contributed by atoms with Crippen molar-refractivity contribution in [3.8, 4) is 0 Å². The Morgan fingerprint density at radius 3 is 2.60 bits per heavy atom. The summed E-state index contributed by atoms with van der Waals surface area (Å²) in [5, 5.41) is 13.3. The van der Waals surface area contributed by atoms with Crippen molar-refractivity contribution >= 4 is 23.6 Å². The van der Waals surface area contributed by atoms with Crippen LogP contribution in [-0.2, 0) is 4.79 Å². The first-order valence-corrected chi connectivity index (χ1v) is 5.68. The van der Waals surface area contributed by atoms with Crippen LogP contribution in [0.5, 0.6) is 0 Å². The van der Waals surface area contributed by atoms with Crippen LogP contribution < -0.4 is 16.4 Å². The molecular weight excluding hydrogens is 269 g/mol. The number of halogens is 1. The van der Waals surface area contributed by atoms with E-state index in [1.165, 1.54) is 0 Å². The van der Waals surface area contributed by atoms with Gasteiger partial charge in [0, 0.05) is 12.5 Å². The Balaban J connectivity index is 2.72. The topological polar surface area (TPSA) is 122 Å². The molecule has 0 fully saturated rings. The minimum absolute atomic E-state index is 0.0644. The number of nitrogens with two attached hydrogens (primary N) is 1. The molecule has 5 N–H and O–H groups in total. The summed E-state index contributed by atoms with van der Waals surface area (Å²) in [5.41, 5.74) is 4.53. The second kappa shape index (κ2) is 6.50. The molecule has 0 aliphatic carbocycles. The fraction of sp³-hybridized carbons (Fsp3) is 0.250. The summed E-state index contributed by atoms with van der Waals surface area (Å²) < 4.78 is 13.4. The highest BCUT2D eigenvalue weighted by Crippen LogP contribution is 2.16.